The number of benzene rings is 2. The SMILES string of the molecule is C[C@H](C(=O)Nc1ccccc1C(F)(F)F)N(c1ccccc1F)S(C)(=O)=O. The number of hydrogen-bond donors (Lipinski definition) is 1. The second-order valence-corrected chi connectivity index (χ2v) is 7.58. The summed E-state index contributed by atoms with van der Waals surface area (Å²) in [5.74, 6) is -1.93. The van der Waals surface area contributed by atoms with Crippen LogP contribution in [0.4, 0.5) is 28.9 Å². The lowest BCUT2D eigenvalue weighted by Crippen LogP contribution is -2.46. The molecule has 0 unspecified atom stereocenters. The number of nitrogens with one attached hydrogen (secondary N) is 1. The van der Waals surface area contributed by atoms with Gasteiger partial charge >= 0.3 is 6.18 Å². The van der Waals surface area contributed by atoms with Crippen molar-refractivity contribution in [2.24, 2.45) is 0 Å². The number of para-hydroxylation sites is 2. The largest absolute Gasteiger partial charge is 0.418 e. The molecule has 0 saturated carbocycles. The first-order valence-corrected chi connectivity index (χ1v) is 9.49. The highest BCUT2D eigenvalue weighted by atomic mass is 32.2. The molecule has 1 atom stereocenters. The predicted molar refractivity (Wildman–Crippen MR) is 93.3 cm³/mol. The fourth-order valence-electron chi connectivity index (χ4n) is 2.49. The molecule has 0 aliphatic carbocycles. The van der Waals surface area contributed by atoms with Crippen LogP contribution in [0.1, 0.15) is 12.5 Å². The normalized spacial score (nSPS) is 13.1. The summed E-state index contributed by atoms with van der Waals surface area (Å²) in [7, 11) is -4.11. The highest BCUT2D eigenvalue weighted by Gasteiger charge is 2.35. The molecule has 0 aliphatic heterocycles. The monoisotopic (exact) mass is 404 g/mol. The van der Waals surface area contributed by atoms with Gasteiger partial charge in [-0.25, -0.2) is 12.8 Å². The van der Waals surface area contributed by atoms with Gasteiger partial charge in [-0.15, -0.1) is 0 Å². The van der Waals surface area contributed by atoms with Gasteiger partial charge in [-0.3, -0.25) is 9.10 Å². The van der Waals surface area contributed by atoms with Gasteiger partial charge < -0.3 is 5.32 Å². The van der Waals surface area contributed by atoms with Gasteiger partial charge in [-0.2, -0.15) is 13.2 Å². The van der Waals surface area contributed by atoms with Gasteiger partial charge in [0.05, 0.1) is 23.2 Å². The summed E-state index contributed by atoms with van der Waals surface area (Å²) in [5, 5.41) is 2.07. The number of carbonyl (C=O) groups excluding carboxylic acids is 1. The van der Waals surface area contributed by atoms with Crippen LogP contribution < -0.4 is 9.62 Å². The molecule has 2 aromatic rings. The predicted octanol–water partition coefficient (Wildman–Crippen LogP) is 3.64. The number of anilines is 2. The van der Waals surface area contributed by atoms with E-state index in [-0.39, 0.29) is 5.69 Å². The maximum atomic E-state index is 14.1. The van der Waals surface area contributed by atoms with Crippen LogP contribution in [0.25, 0.3) is 0 Å². The quantitative estimate of drug-likeness (QED) is 0.774. The number of hydrogen-bond acceptors (Lipinski definition) is 3. The summed E-state index contributed by atoms with van der Waals surface area (Å²) in [5.41, 5.74) is -1.99. The van der Waals surface area contributed by atoms with E-state index in [1.807, 2.05) is 0 Å². The van der Waals surface area contributed by atoms with Crippen LogP contribution in [0.5, 0.6) is 0 Å². The van der Waals surface area contributed by atoms with Crippen molar-refractivity contribution in [2.45, 2.75) is 19.1 Å². The number of rotatable bonds is 5. The average Bonchev–Trinajstić information content (AvgIpc) is 2.55. The molecule has 1 N–H and O–H groups in total. The Labute approximate surface area is 153 Å². The molecule has 0 aliphatic rings. The average molecular weight is 404 g/mol. The summed E-state index contributed by atoms with van der Waals surface area (Å²) >= 11 is 0. The van der Waals surface area contributed by atoms with E-state index in [0.29, 0.717) is 4.31 Å². The van der Waals surface area contributed by atoms with Crippen molar-refractivity contribution in [3.63, 3.8) is 0 Å². The summed E-state index contributed by atoms with van der Waals surface area (Å²) in [6.07, 6.45) is -3.94. The second-order valence-electron chi connectivity index (χ2n) is 5.72. The molecule has 0 heterocycles. The van der Waals surface area contributed by atoms with Crippen LogP contribution in [-0.2, 0) is 21.0 Å². The lowest BCUT2D eigenvalue weighted by molar-refractivity contribution is -0.137. The summed E-state index contributed by atoms with van der Waals surface area (Å²) in [6.45, 7) is 1.15. The fraction of sp³-hybridized carbons (Fsp3) is 0.235. The molecule has 2 rings (SSSR count). The third-order valence-electron chi connectivity index (χ3n) is 3.67. The zero-order valence-electron chi connectivity index (χ0n) is 14.3. The van der Waals surface area contributed by atoms with Crippen molar-refractivity contribution in [1.29, 1.82) is 0 Å². The summed E-state index contributed by atoms with van der Waals surface area (Å²) in [4.78, 5) is 12.5. The van der Waals surface area contributed by atoms with Gasteiger partial charge in [-0.05, 0) is 31.2 Å². The molecule has 0 spiro atoms. The Morgan fingerprint density at radius 3 is 2.19 bits per heavy atom. The number of amides is 1. The Morgan fingerprint density at radius 2 is 1.63 bits per heavy atom. The van der Waals surface area contributed by atoms with E-state index in [1.54, 1.807) is 0 Å². The Morgan fingerprint density at radius 1 is 1.07 bits per heavy atom. The minimum absolute atomic E-state index is 0.383. The molecule has 2 aromatic carbocycles. The minimum Gasteiger partial charge on any atom is -0.324 e. The van der Waals surface area contributed by atoms with E-state index in [0.717, 1.165) is 43.5 Å². The van der Waals surface area contributed by atoms with Gasteiger partial charge in [0.2, 0.25) is 15.9 Å². The highest BCUT2D eigenvalue weighted by molar-refractivity contribution is 7.92. The van der Waals surface area contributed by atoms with Gasteiger partial charge in [0.1, 0.15) is 11.9 Å². The lowest BCUT2D eigenvalue weighted by atomic mass is 10.1. The fourth-order valence-corrected chi connectivity index (χ4v) is 3.66. The van der Waals surface area contributed by atoms with E-state index >= 15 is 0 Å². The molecule has 0 saturated heterocycles. The summed E-state index contributed by atoms with van der Waals surface area (Å²) in [6, 6.07) is 7.65. The van der Waals surface area contributed by atoms with E-state index in [2.05, 4.69) is 5.32 Å². The first kappa shape index (κ1) is 20.7. The van der Waals surface area contributed by atoms with Crippen LogP contribution in [0.3, 0.4) is 0 Å². The Kier molecular flexibility index (Phi) is 5.79. The third kappa shape index (κ3) is 4.76. The van der Waals surface area contributed by atoms with Gasteiger partial charge in [-0.1, -0.05) is 24.3 Å². The molecular weight excluding hydrogens is 388 g/mol. The van der Waals surface area contributed by atoms with Gasteiger partial charge in [0.15, 0.2) is 0 Å². The van der Waals surface area contributed by atoms with Crippen LogP contribution in [0, 0.1) is 5.82 Å². The van der Waals surface area contributed by atoms with E-state index in [1.165, 1.54) is 18.2 Å². The van der Waals surface area contributed by atoms with E-state index in [9.17, 15) is 30.8 Å². The zero-order chi connectivity index (χ0) is 20.4. The number of carbonyl (C=O) groups is 1. The van der Waals surface area contributed by atoms with Crippen molar-refractivity contribution in [3.8, 4) is 0 Å². The lowest BCUT2D eigenvalue weighted by Gasteiger charge is -2.28. The molecule has 10 heteroatoms. The minimum atomic E-state index is -4.71. The van der Waals surface area contributed by atoms with Crippen molar-refractivity contribution in [3.05, 3.63) is 59.9 Å². The highest BCUT2D eigenvalue weighted by Crippen LogP contribution is 2.35. The first-order valence-electron chi connectivity index (χ1n) is 7.64. The Bertz CT molecular complexity index is 945. The van der Waals surface area contributed by atoms with Crippen LogP contribution in [-0.4, -0.2) is 26.6 Å². The van der Waals surface area contributed by atoms with E-state index < -0.39 is 45.2 Å². The van der Waals surface area contributed by atoms with Crippen LogP contribution in [0.15, 0.2) is 48.5 Å². The van der Waals surface area contributed by atoms with Crippen molar-refractivity contribution in [1.82, 2.24) is 0 Å². The van der Waals surface area contributed by atoms with Crippen LogP contribution in [0.2, 0.25) is 0 Å². The zero-order valence-corrected chi connectivity index (χ0v) is 15.1. The molecule has 1 amide bonds. The molecule has 0 aromatic heterocycles. The number of nitrogens with zero attached hydrogens (tertiary/aromatic N) is 1. The van der Waals surface area contributed by atoms with Crippen molar-refractivity contribution in [2.75, 3.05) is 15.9 Å². The number of alkyl halides is 3. The van der Waals surface area contributed by atoms with Crippen molar-refractivity contribution >= 4 is 27.3 Å². The number of sulfonamides is 1. The summed E-state index contributed by atoms with van der Waals surface area (Å²) < 4.78 is 78.0. The molecule has 0 fully saturated rings. The molecular formula is C17H16F4N2O3S. The molecule has 146 valence electrons. The first-order chi connectivity index (χ1) is 12.4. The smallest absolute Gasteiger partial charge is 0.324 e. The second kappa shape index (κ2) is 7.55. The molecule has 27 heavy (non-hydrogen) atoms. The molecule has 0 bridgehead atoms. The van der Waals surface area contributed by atoms with E-state index in [4.69, 9.17) is 0 Å². The molecule has 5 nitrogen and oxygen atoms in total. The maximum Gasteiger partial charge on any atom is 0.418 e. The maximum absolute atomic E-state index is 14.1. The van der Waals surface area contributed by atoms with Gasteiger partial charge in [0, 0.05) is 0 Å². The van der Waals surface area contributed by atoms with Crippen LogP contribution >= 0.6 is 0 Å². The Hall–Kier alpha value is -2.62. The van der Waals surface area contributed by atoms with Gasteiger partial charge in [0.25, 0.3) is 0 Å². The number of halogens is 4. The van der Waals surface area contributed by atoms with Crippen molar-refractivity contribution < 1.29 is 30.8 Å². The standard InChI is InChI=1S/C17H16F4N2O3S/c1-11(23(27(2,25)26)15-10-6-4-8-13(15)18)16(24)22-14-9-5-3-7-12(14)17(19,20)21/h3-11H,1-2H3,(H,22,24)/t11-/m1/s1. The topological polar surface area (TPSA) is 66.5 Å². The Balaban J connectivity index is 2.39. The molecule has 0 radical (unpaired) electrons. The third-order valence-corrected chi connectivity index (χ3v) is 4.90.